The summed E-state index contributed by atoms with van der Waals surface area (Å²) in [4.78, 5) is 25.6. The largest absolute Gasteiger partial charge is 0.410 e. The van der Waals surface area contributed by atoms with Gasteiger partial charge in [0.05, 0.1) is 4.90 Å². The van der Waals surface area contributed by atoms with Crippen LogP contribution in [-0.4, -0.2) is 37.9 Å². The van der Waals surface area contributed by atoms with E-state index in [9.17, 15) is 27.5 Å². The molecule has 1 fully saturated rings. The maximum Gasteiger partial charge on any atom is 0.410 e. The van der Waals surface area contributed by atoms with Crippen molar-refractivity contribution in [2.45, 2.75) is 23.6 Å². The van der Waals surface area contributed by atoms with Gasteiger partial charge in [-0.25, -0.2) is 22.7 Å². The Balaban J connectivity index is 1.64. The highest BCUT2D eigenvalue weighted by Gasteiger charge is 2.49. The molecule has 160 valence electrons. The molecule has 3 rings (SSSR count). The third-order valence-electron chi connectivity index (χ3n) is 4.35. The van der Waals surface area contributed by atoms with Crippen LogP contribution in [0.1, 0.15) is 12.0 Å². The lowest BCUT2D eigenvalue weighted by Crippen LogP contribution is -2.46. The van der Waals surface area contributed by atoms with Crippen molar-refractivity contribution in [3.05, 3.63) is 58.9 Å². The fourth-order valence-corrected chi connectivity index (χ4v) is 3.68. The highest BCUT2D eigenvalue weighted by atomic mass is 35.5. The molecule has 4 N–H and O–H groups in total. The number of rotatable bonds is 5. The standard InChI is InChI=1S/C18H17ClFN3O6S/c19-12-7-11(8-13(20)9-12)10-22-17(25)29-18(26)5-6-23(16(18)24)14-1-3-15(4-2-14)30(21,27)28/h1-4,7-9,26H,5-6,10H2,(H,22,25)(H2,21,27,28)/t18-/m0/s1. The van der Waals surface area contributed by atoms with Crippen LogP contribution >= 0.6 is 11.6 Å². The Kier molecular flexibility index (Phi) is 5.99. The van der Waals surface area contributed by atoms with Gasteiger partial charge in [-0.3, -0.25) is 4.79 Å². The minimum Gasteiger partial charge on any atom is -0.407 e. The maximum atomic E-state index is 13.3. The van der Waals surface area contributed by atoms with Crippen molar-refractivity contribution in [3.63, 3.8) is 0 Å². The van der Waals surface area contributed by atoms with Gasteiger partial charge in [-0.15, -0.1) is 0 Å². The summed E-state index contributed by atoms with van der Waals surface area (Å²) < 4.78 is 40.9. The summed E-state index contributed by atoms with van der Waals surface area (Å²) in [6.45, 7) is -0.115. The molecule has 0 aromatic heterocycles. The van der Waals surface area contributed by atoms with Crippen molar-refractivity contribution in [1.29, 1.82) is 0 Å². The second kappa shape index (κ2) is 8.19. The van der Waals surface area contributed by atoms with Gasteiger partial charge in [-0.2, -0.15) is 0 Å². The fourth-order valence-electron chi connectivity index (χ4n) is 2.92. The molecule has 12 heteroatoms. The molecule has 0 radical (unpaired) electrons. The number of aliphatic hydroxyl groups is 1. The fraction of sp³-hybridized carbons (Fsp3) is 0.222. The van der Waals surface area contributed by atoms with E-state index in [-0.39, 0.29) is 29.4 Å². The van der Waals surface area contributed by atoms with Crippen molar-refractivity contribution in [2.75, 3.05) is 11.4 Å². The van der Waals surface area contributed by atoms with E-state index >= 15 is 0 Å². The summed E-state index contributed by atoms with van der Waals surface area (Å²) in [5.74, 6) is -3.88. The lowest BCUT2D eigenvalue weighted by molar-refractivity contribution is -0.175. The molecule has 1 aliphatic heterocycles. The Hall–Kier alpha value is -2.73. The number of carbonyl (C=O) groups is 2. The topological polar surface area (TPSA) is 139 Å². The van der Waals surface area contributed by atoms with Gasteiger partial charge in [0.1, 0.15) is 5.82 Å². The molecule has 2 aromatic rings. The van der Waals surface area contributed by atoms with E-state index in [4.69, 9.17) is 21.5 Å². The first kappa shape index (κ1) is 22.0. The minimum atomic E-state index is -3.89. The number of carbonyl (C=O) groups excluding carboxylic acids is 2. The van der Waals surface area contributed by atoms with Gasteiger partial charge in [-0.05, 0) is 48.0 Å². The Morgan fingerprint density at radius 1 is 1.30 bits per heavy atom. The van der Waals surface area contributed by atoms with Crippen molar-refractivity contribution in [3.8, 4) is 0 Å². The van der Waals surface area contributed by atoms with Crippen LogP contribution in [0, 0.1) is 5.82 Å². The van der Waals surface area contributed by atoms with Crippen LogP contribution in [0.4, 0.5) is 14.9 Å². The molecule has 0 unspecified atom stereocenters. The molecule has 1 heterocycles. The van der Waals surface area contributed by atoms with Crippen LogP contribution in [0.15, 0.2) is 47.4 Å². The summed E-state index contributed by atoms with van der Waals surface area (Å²) >= 11 is 5.74. The Labute approximate surface area is 176 Å². The number of ether oxygens (including phenoxy) is 1. The maximum absolute atomic E-state index is 13.3. The van der Waals surface area contributed by atoms with E-state index in [0.29, 0.717) is 11.3 Å². The van der Waals surface area contributed by atoms with Crippen LogP contribution < -0.4 is 15.4 Å². The number of alkyl carbamates (subject to hydrolysis) is 1. The van der Waals surface area contributed by atoms with Gasteiger partial charge in [0.25, 0.3) is 11.7 Å². The normalized spacial score (nSPS) is 19.1. The van der Waals surface area contributed by atoms with E-state index in [0.717, 1.165) is 17.0 Å². The molecule has 0 aliphatic carbocycles. The molecule has 1 aliphatic rings. The quantitative estimate of drug-likeness (QED) is 0.581. The third-order valence-corrected chi connectivity index (χ3v) is 5.50. The number of hydrogen-bond acceptors (Lipinski definition) is 6. The molecule has 9 nitrogen and oxygen atoms in total. The Bertz CT molecular complexity index is 1080. The number of nitrogens with zero attached hydrogens (tertiary/aromatic N) is 1. The Morgan fingerprint density at radius 2 is 1.97 bits per heavy atom. The number of hydrogen-bond donors (Lipinski definition) is 3. The zero-order valence-corrected chi connectivity index (χ0v) is 16.9. The average Bonchev–Trinajstić information content (AvgIpc) is 2.93. The predicted octanol–water partition coefficient (Wildman–Crippen LogP) is 1.48. The van der Waals surface area contributed by atoms with Crippen molar-refractivity contribution in [1.82, 2.24) is 5.32 Å². The lowest BCUT2D eigenvalue weighted by atomic mass is 10.2. The van der Waals surface area contributed by atoms with Gasteiger partial charge in [-0.1, -0.05) is 11.6 Å². The number of sulfonamides is 1. The summed E-state index contributed by atoms with van der Waals surface area (Å²) in [6, 6.07) is 8.82. The summed E-state index contributed by atoms with van der Waals surface area (Å²) in [5.41, 5.74) is 0.653. The van der Waals surface area contributed by atoms with Gasteiger partial charge in [0.2, 0.25) is 10.0 Å². The van der Waals surface area contributed by atoms with E-state index in [1.807, 2.05) is 0 Å². The monoisotopic (exact) mass is 457 g/mol. The average molecular weight is 458 g/mol. The molecule has 30 heavy (non-hydrogen) atoms. The lowest BCUT2D eigenvalue weighted by Gasteiger charge is -2.22. The SMILES string of the molecule is NS(=O)(=O)c1ccc(N2CC[C@](O)(OC(=O)NCc3cc(F)cc(Cl)c3)C2=O)cc1. The Morgan fingerprint density at radius 3 is 2.57 bits per heavy atom. The molecular weight excluding hydrogens is 441 g/mol. The van der Waals surface area contributed by atoms with E-state index < -0.39 is 33.6 Å². The smallest absolute Gasteiger partial charge is 0.407 e. The molecule has 0 bridgehead atoms. The van der Waals surface area contributed by atoms with Crippen LogP contribution in [0.3, 0.4) is 0 Å². The number of nitrogens with one attached hydrogen (secondary N) is 1. The first-order valence-electron chi connectivity index (χ1n) is 8.57. The third kappa shape index (κ3) is 4.87. The van der Waals surface area contributed by atoms with Gasteiger partial charge in [0.15, 0.2) is 0 Å². The van der Waals surface area contributed by atoms with Crippen LogP contribution in [0.25, 0.3) is 0 Å². The minimum absolute atomic E-state index is 0.0246. The summed E-state index contributed by atoms with van der Waals surface area (Å²) in [6.07, 6.45) is -1.29. The summed E-state index contributed by atoms with van der Waals surface area (Å²) in [7, 11) is -3.89. The highest BCUT2D eigenvalue weighted by molar-refractivity contribution is 7.89. The number of halogens is 2. The predicted molar refractivity (Wildman–Crippen MR) is 104 cm³/mol. The molecular formula is C18H17ClFN3O6S. The van der Waals surface area contributed by atoms with Crippen molar-refractivity contribution < 1.29 is 32.2 Å². The van der Waals surface area contributed by atoms with Gasteiger partial charge >= 0.3 is 6.09 Å². The second-order valence-electron chi connectivity index (χ2n) is 6.55. The number of nitrogens with two attached hydrogens (primary N) is 1. The number of benzene rings is 2. The number of amides is 2. The van der Waals surface area contributed by atoms with E-state index in [1.54, 1.807) is 0 Å². The molecule has 1 atom stereocenters. The molecule has 0 saturated carbocycles. The first-order chi connectivity index (χ1) is 14.0. The molecule has 2 amide bonds. The number of anilines is 1. The summed E-state index contributed by atoms with van der Waals surface area (Å²) in [5, 5.41) is 17.9. The first-order valence-corrected chi connectivity index (χ1v) is 10.5. The van der Waals surface area contributed by atoms with Gasteiger partial charge in [0, 0.05) is 30.2 Å². The van der Waals surface area contributed by atoms with E-state index in [2.05, 4.69) is 5.32 Å². The van der Waals surface area contributed by atoms with Crippen molar-refractivity contribution >= 4 is 39.3 Å². The second-order valence-corrected chi connectivity index (χ2v) is 8.55. The van der Waals surface area contributed by atoms with Crippen molar-refractivity contribution in [2.24, 2.45) is 5.14 Å². The highest BCUT2D eigenvalue weighted by Crippen LogP contribution is 2.30. The van der Waals surface area contributed by atoms with Crippen LogP contribution in [0.5, 0.6) is 0 Å². The molecule has 2 aromatic carbocycles. The number of primary sulfonamides is 1. The van der Waals surface area contributed by atoms with E-state index in [1.165, 1.54) is 30.3 Å². The van der Waals surface area contributed by atoms with Gasteiger partial charge < -0.3 is 20.1 Å². The molecule has 0 spiro atoms. The molecule has 1 saturated heterocycles. The zero-order valence-electron chi connectivity index (χ0n) is 15.3. The van der Waals surface area contributed by atoms with Crippen LogP contribution in [0.2, 0.25) is 5.02 Å². The zero-order chi connectivity index (χ0) is 22.1. The van der Waals surface area contributed by atoms with Crippen LogP contribution in [-0.2, 0) is 26.1 Å².